The summed E-state index contributed by atoms with van der Waals surface area (Å²) in [6.45, 7) is 0.140. The first-order valence-electron chi connectivity index (χ1n) is 10.5. The first-order valence-corrected chi connectivity index (χ1v) is 10.5. The van der Waals surface area contributed by atoms with E-state index < -0.39 is 23.3 Å². The summed E-state index contributed by atoms with van der Waals surface area (Å²) in [5, 5.41) is 2.88. The molecule has 0 aromatic heterocycles. The summed E-state index contributed by atoms with van der Waals surface area (Å²) in [6.07, 6.45) is 0. The summed E-state index contributed by atoms with van der Waals surface area (Å²) in [4.78, 5) is 26.8. The first-order chi connectivity index (χ1) is 16.4. The van der Waals surface area contributed by atoms with Crippen molar-refractivity contribution in [2.24, 2.45) is 0 Å². The van der Waals surface area contributed by atoms with Gasteiger partial charge in [0.05, 0.1) is 23.5 Å². The molecule has 5 rings (SSSR count). The maximum atomic E-state index is 13.9. The van der Waals surface area contributed by atoms with E-state index in [1.54, 1.807) is 54.6 Å². The fraction of sp³-hybridized carbons (Fsp3) is 0.0370. The fourth-order valence-corrected chi connectivity index (χ4v) is 3.99. The second kappa shape index (κ2) is 8.51. The molecule has 0 bridgehead atoms. The molecular weight excluding hydrogens is 441 g/mol. The van der Waals surface area contributed by atoms with Gasteiger partial charge in [0.15, 0.2) is 0 Å². The SMILES string of the molecule is O=C1C(=O)N(Cc2ccc(Nc3ccc(F)cc3F)cc2)c2c1cccc2-c1ccc(F)cc1. The number of carbonyl (C=O) groups excluding carboxylic acids is 2. The van der Waals surface area contributed by atoms with Crippen LogP contribution in [0, 0.1) is 17.5 Å². The number of para-hydroxylation sites is 1. The van der Waals surface area contributed by atoms with Crippen LogP contribution in [0.2, 0.25) is 0 Å². The van der Waals surface area contributed by atoms with E-state index in [-0.39, 0.29) is 18.0 Å². The van der Waals surface area contributed by atoms with E-state index in [0.29, 0.717) is 28.1 Å². The van der Waals surface area contributed by atoms with Crippen molar-refractivity contribution in [1.29, 1.82) is 0 Å². The normalized spacial score (nSPS) is 12.7. The van der Waals surface area contributed by atoms with Crippen molar-refractivity contribution >= 4 is 28.8 Å². The van der Waals surface area contributed by atoms with Crippen molar-refractivity contribution in [3.8, 4) is 11.1 Å². The van der Waals surface area contributed by atoms with Crippen LogP contribution in [-0.4, -0.2) is 11.7 Å². The van der Waals surface area contributed by atoms with Crippen LogP contribution in [0.25, 0.3) is 11.1 Å². The number of nitrogens with zero attached hydrogens (tertiary/aromatic N) is 1. The van der Waals surface area contributed by atoms with E-state index in [0.717, 1.165) is 17.7 Å². The molecule has 0 unspecified atom stereocenters. The number of halogens is 3. The van der Waals surface area contributed by atoms with Gasteiger partial charge >= 0.3 is 0 Å². The van der Waals surface area contributed by atoms with E-state index in [9.17, 15) is 22.8 Å². The Kier molecular flexibility index (Phi) is 5.37. The number of hydrogen-bond acceptors (Lipinski definition) is 3. The van der Waals surface area contributed by atoms with Crippen molar-refractivity contribution in [1.82, 2.24) is 0 Å². The quantitative estimate of drug-likeness (QED) is 0.360. The number of carbonyl (C=O) groups is 2. The van der Waals surface area contributed by atoms with Crippen molar-refractivity contribution in [2.45, 2.75) is 6.54 Å². The lowest BCUT2D eigenvalue weighted by molar-refractivity contribution is -0.114. The predicted molar refractivity (Wildman–Crippen MR) is 123 cm³/mol. The Bertz CT molecular complexity index is 1420. The lowest BCUT2D eigenvalue weighted by Crippen LogP contribution is -2.29. The minimum atomic E-state index is -0.713. The first kappa shape index (κ1) is 21.5. The molecule has 7 heteroatoms. The minimum absolute atomic E-state index is 0.132. The number of nitrogens with one attached hydrogen (secondary N) is 1. The van der Waals surface area contributed by atoms with Gasteiger partial charge in [0.2, 0.25) is 0 Å². The Morgan fingerprint density at radius 3 is 2.12 bits per heavy atom. The number of amides is 1. The van der Waals surface area contributed by atoms with E-state index in [4.69, 9.17) is 0 Å². The van der Waals surface area contributed by atoms with Gasteiger partial charge in [-0.3, -0.25) is 14.5 Å². The lowest BCUT2D eigenvalue weighted by Gasteiger charge is -2.20. The second-order valence-corrected chi connectivity index (χ2v) is 7.88. The van der Waals surface area contributed by atoms with Gasteiger partial charge in [-0.05, 0) is 53.6 Å². The van der Waals surface area contributed by atoms with Gasteiger partial charge in [-0.25, -0.2) is 13.2 Å². The van der Waals surface area contributed by atoms with Crippen LogP contribution in [0.3, 0.4) is 0 Å². The zero-order valence-corrected chi connectivity index (χ0v) is 17.7. The number of benzene rings is 4. The van der Waals surface area contributed by atoms with Crippen LogP contribution in [0.5, 0.6) is 0 Å². The van der Waals surface area contributed by atoms with E-state index in [2.05, 4.69) is 5.32 Å². The highest BCUT2D eigenvalue weighted by molar-refractivity contribution is 6.52. The minimum Gasteiger partial charge on any atom is -0.353 e. The maximum Gasteiger partial charge on any atom is 0.299 e. The molecule has 0 fully saturated rings. The Labute approximate surface area is 193 Å². The highest BCUT2D eigenvalue weighted by Gasteiger charge is 2.37. The summed E-state index contributed by atoms with van der Waals surface area (Å²) in [6, 6.07) is 21.1. The molecule has 0 radical (unpaired) electrons. The van der Waals surface area contributed by atoms with Gasteiger partial charge in [0, 0.05) is 17.3 Å². The Hall–Kier alpha value is -4.39. The highest BCUT2D eigenvalue weighted by Crippen LogP contribution is 2.39. The lowest BCUT2D eigenvalue weighted by atomic mass is 10.00. The molecule has 0 saturated carbocycles. The number of rotatable bonds is 5. The Balaban J connectivity index is 1.43. The molecule has 1 amide bonds. The zero-order chi connectivity index (χ0) is 23.8. The Morgan fingerprint density at radius 2 is 1.41 bits per heavy atom. The molecule has 0 atom stereocenters. The molecule has 1 aliphatic rings. The summed E-state index contributed by atoms with van der Waals surface area (Å²) in [7, 11) is 0. The molecular formula is C27H17F3N2O2. The summed E-state index contributed by atoms with van der Waals surface area (Å²) in [5.41, 5.74) is 3.58. The number of anilines is 3. The van der Waals surface area contributed by atoms with Crippen LogP contribution >= 0.6 is 0 Å². The van der Waals surface area contributed by atoms with Crippen LogP contribution in [0.15, 0.2) is 84.9 Å². The van der Waals surface area contributed by atoms with Crippen LogP contribution < -0.4 is 10.2 Å². The average molecular weight is 458 g/mol. The molecule has 4 nitrogen and oxygen atoms in total. The molecule has 4 aromatic rings. The van der Waals surface area contributed by atoms with Crippen molar-refractivity contribution in [3.05, 3.63) is 114 Å². The van der Waals surface area contributed by atoms with Crippen molar-refractivity contribution < 1.29 is 22.8 Å². The van der Waals surface area contributed by atoms with Gasteiger partial charge in [-0.2, -0.15) is 0 Å². The van der Waals surface area contributed by atoms with Crippen molar-refractivity contribution in [3.63, 3.8) is 0 Å². The molecule has 0 saturated heterocycles. The summed E-state index contributed by atoms with van der Waals surface area (Å²) < 4.78 is 40.4. The molecule has 1 heterocycles. The third kappa shape index (κ3) is 3.92. The number of fused-ring (bicyclic) bond motifs is 1. The van der Waals surface area contributed by atoms with Crippen LogP contribution in [-0.2, 0) is 11.3 Å². The smallest absolute Gasteiger partial charge is 0.299 e. The molecule has 34 heavy (non-hydrogen) atoms. The van der Waals surface area contributed by atoms with E-state index in [1.807, 2.05) is 0 Å². The van der Waals surface area contributed by atoms with Crippen LogP contribution in [0.4, 0.5) is 30.2 Å². The van der Waals surface area contributed by atoms with Crippen molar-refractivity contribution in [2.75, 3.05) is 10.2 Å². The molecule has 0 spiro atoms. The molecule has 1 N–H and O–H groups in total. The number of Topliss-reactive ketones (excluding diaryl/α,β-unsaturated/α-hetero) is 1. The van der Waals surface area contributed by atoms with Gasteiger partial charge in [-0.15, -0.1) is 0 Å². The monoisotopic (exact) mass is 458 g/mol. The maximum absolute atomic E-state index is 13.9. The van der Waals surface area contributed by atoms with E-state index in [1.165, 1.54) is 23.1 Å². The summed E-state index contributed by atoms with van der Waals surface area (Å²) >= 11 is 0. The standard InChI is InChI=1S/C27H17F3N2O2/c28-18-8-6-17(7-9-18)21-2-1-3-22-25(21)32(27(34)26(22)33)15-16-4-11-20(12-5-16)31-24-13-10-19(29)14-23(24)30/h1-14,31H,15H2. The average Bonchev–Trinajstić information content (AvgIpc) is 3.07. The summed E-state index contributed by atoms with van der Waals surface area (Å²) in [5.74, 6) is -2.99. The van der Waals surface area contributed by atoms with Gasteiger partial charge in [-0.1, -0.05) is 36.4 Å². The Morgan fingerprint density at radius 1 is 0.735 bits per heavy atom. The highest BCUT2D eigenvalue weighted by atomic mass is 19.1. The molecule has 4 aromatic carbocycles. The zero-order valence-electron chi connectivity index (χ0n) is 17.7. The predicted octanol–water partition coefficient (Wildman–Crippen LogP) is 6.24. The van der Waals surface area contributed by atoms with Gasteiger partial charge in [0.1, 0.15) is 17.5 Å². The molecule has 168 valence electrons. The third-order valence-corrected chi connectivity index (χ3v) is 5.65. The molecule has 1 aliphatic heterocycles. The fourth-order valence-electron chi connectivity index (χ4n) is 3.99. The molecule has 0 aliphatic carbocycles. The topological polar surface area (TPSA) is 49.4 Å². The van der Waals surface area contributed by atoms with Gasteiger partial charge < -0.3 is 5.32 Å². The van der Waals surface area contributed by atoms with Crippen LogP contribution in [0.1, 0.15) is 15.9 Å². The largest absolute Gasteiger partial charge is 0.353 e. The van der Waals surface area contributed by atoms with E-state index >= 15 is 0 Å². The third-order valence-electron chi connectivity index (χ3n) is 5.65. The second-order valence-electron chi connectivity index (χ2n) is 7.88. The number of ketones is 1. The van der Waals surface area contributed by atoms with Gasteiger partial charge in [0.25, 0.3) is 11.7 Å². The number of hydrogen-bond donors (Lipinski definition) is 1.